The number of nitrogens with zero attached hydrogens (tertiary/aromatic N) is 2. The molecule has 0 radical (unpaired) electrons. The predicted octanol–water partition coefficient (Wildman–Crippen LogP) is 1.77. The Morgan fingerprint density at radius 1 is 1.39 bits per heavy atom. The van der Waals surface area contributed by atoms with E-state index in [9.17, 15) is 19.7 Å². The number of nitro groups is 1. The van der Waals surface area contributed by atoms with Gasteiger partial charge in [-0.05, 0) is 13.0 Å². The van der Waals surface area contributed by atoms with Crippen molar-refractivity contribution in [2.75, 3.05) is 6.54 Å². The van der Waals surface area contributed by atoms with Crippen molar-refractivity contribution in [3.8, 4) is 0 Å². The lowest BCUT2D eigenvalue weighted by atomic mass is 10.1. The Bertz CT molecular complexity index is 592. The quantitative estimate of drug-likeness (QED) is 0.352. The number of imide groups is 1. The van der Waals surface area contributed by atoms with Crippen LogP contribution in [0.1, 0.15) is 27.6 Å². The van der Waals surface area contributed by atoms with E-state index in [2.05, 4.69) is 6.58 Å². The van der Waals surface area contributed by atoms with Gasteiger partial charge in [0.25, 0.3) is 17.5 Å². The number of benzene rings is 1. The van der Waals surface area contributed by atoms with Crippen LogP contribution < -0.4 is 0 Å². The van der Waals surface area contributed by atoms with E-state index < -0.39 is 16.7 Å². The molecule has 2 rings (SSSR count). The summed E-state index contributed by atoms with van der Waals surface area (Å²) < 4.78 is 0. The van der Waals surface area contributed by atoms with Gasteiger partial charge in [-0.1, -0.05) is 18.2 Å². The van der Waals surface area contributed by atoms with Crippen molar-refractivity contribution in [2.45, 2.75) is 6.92 Å². The number of hydrogen-bond acceptors (Lipinski definition) is 4. The van der Waals surface area contributed by atoms with Crippen molar-refractivity contribution >= 4 is 17.5 Å². The second-order valence-corrected chi connectivity index (χ2v) is 4.11. The third kappa shape index (κ3) is 1.67. The molecule has 2 amide bonds. The van der Waals surface area contributed by atoms with E-state index in [1.165, 1.54) is 18.2 Å². The smallest absolute Gasteiger partial charge is 0.270 e. The normalized spacial score (nSPS) is 13.7. The largest absolute Gasteiger partial charge is 0.282 e. The third-order valence-corrected chi connectivity index (χ3v) is 2.60. The lowest BCUT2D eigenvalue weighted by molar-refractivity contribution is -0.385. The van der Waals surface area contributed by atoms with Gasteiger partial charge < -0.3 is 0 Å². The number of amides is 2. The second-order valence-electron chi connectivity index (χ2n) is 4.11. The Balaban J connectivity index is 2.55. The maximum atomic E-state index is 12.0. The molecule has 1 aliphatic heterocycles. The predicted molar refractivity (Wildman–Crippen MR) is 63.3 cm³/mol. The molecule has 0 N–H and O–H groups in total. The SMILES string of the molecule is C=C(C)CN1C(=O)c2cccc([N+](=O)[O-])c2C1=O. The van der Waals surface area contributed by atoms with Gasteiger partial charge in [-0.2, -0.15) is 0 Å². The van der Waals surface area contributed by atoms with Gasteiger partial charge in [0, 0.05) is 12.6 Å². The van der Waals surface area contributed by atoms with Crippen molar-refractivity contribution in [2.24, 2.45) is 0 Å². The number of nitro benzene ring substituents is 1. The van der Waals surface area contributed by atoms with E-state index in [1.54, 1.807) is 6.92 Å². The third-order valence-electron chi connectivity index (χ3n) is 2.60. The molecule has 0 spiro atoms. The molecule has 92 valence electrons. The summed E-state index contributed by atoms with van der Waals surface area (Å²) in [6.45, 7) is 5.38. The molecule has 0 aromatic heterocycles. The fourth-order valence-electron chi connectivity index (χ4n) is 1.88. The summed E-state index contributed by atoms with van der Waals surface area (Å²) in [5.41, 5.74) is 0.242. The summed E-state index contributed by atoms with van der Waals surface area (Å²) >= 11 is 0. The van der Waals surface area contributed by atoms with Gasteiger partial charge in [-0.25, -0.2) is 0 Å². The minimum atomic E-state index is -0.658. The van der Waals surface area contributed by atoms with E-state index in [0.29, 0.717) is 5.57 Å². The molecule has 1 aromatic carbocycles. The highest BCUT2D eigenvalue weighted by atomic mass is 16.6. The van der Waals surface area contributed by atoms with Gasteiger partial charge in [-0.3, -0.25) is 24.6 Å². The Morgan fingerprint density at radius 2 is 2.06 bits per heavy atom. The number of hydrogen-bond donors (Lipinski definition) is 0. The second kappa shape index (κ2) is 4.06. The molecule has 0 unspecified atom stereocenters. The minimum Gasteiger partial charge on any atom is -0.270 e. The molecule has 0 aliphatic carbocycles. The lowest BCUT2D eigenvalue weighted by Crippen LogP contribution is -2.31. The number of carbonyl (C=O) groups is 2. The molecule has 1 aromatic rings. The van der Waals surface area contributed by atoms with Crippen LogP contribution in [0.15, 0.2) is 30.4 Å². The van der Waals surface area contributed by atoms with Crippen LogP contribution in [0.3, 0.4) is 0 Å². The van der Waals surface area contributed by atoms with Crippen molar-refractivity contribution in [3.63, 3.8) is 0 Å². The summed E-state index contributed by atoms with van der Waals surface area (Å²) in [4.78, 5) is 35.1. The number of rotatable bonds is 3. The molecule has 0 saturated carbocycles. The van der Waals surface area contributed by atoms with Gasteiger partial charge in [0.1, 0.15) is 5.56 Å². The van der Waals surface area contributed by atoms with E-state index in [-0.39, 0.29) is 23.4 Å². The first-order chi connectivity index (χ1) is 8.43. The van der Waals surface area contributed by atoms with Crippen LogP contribution in [0.25, 0.3) is 0 Å². The number of carbonyl (C=O) groups excluding carboxylic acids is 2. The van der Waals surface area contributed by atoms with Gasteiger partial charge in [0.05, 0.1) is 10.5 Å². The molecule has 1 aliphatic rings. The van der Waals surface area contributed by atoms with Gasteiger partial charge in [-0.15, -0.1) is 0 Å². The highest BCUT2D eigenvalue weighted by Gasteiger charge is 2.40. The average molecular weight is 246 g/mol. The zero-order valence-electron chi connectivity index (χ0n) is 9.67. The Hall–Kier alpha value is -2.50. The van der Waals surface area contributed by atoms with Gasteiger partial charge in [0.2, 0.25) is 0 Å². The van der Waals surface area contributed by atoms with Crippen LogP contribution in [-0.4, -0.2) is 28.2 Å². The molecular weight excluding hydrogens is 236 g/mol. The monoisotopic (exact) mass is 246 g/mol. The maximum Gasteiger partial charge on any atom is 0.282 e. The van der Waals surface area contributed by atoms with Crippen molar-refractivity contribution in [1.82, 2.24) is 4.90 Å². The maximum absolute atomic E-state index is 12.0. The molecule has 0 atom stereocenters. The highest BCUT2D eigenvalue weighted by Crippen LogP contribution is 2.30. The molecule has 0 fully saturated rings. The molecule has 1 heterocycles. The summed E-state index contributed by atoms with van der Waals surface area (Å²) in [7, 11) is 0. The first kappa shape index (κ1) is 12.0. The van der Waals surface area contributed by atoms with E-state index in [4.69, 9.17) is 0 Å². The van der Waals surface area contributed by atoms with Crippen molar-refractivity contribution in [1.29, 1.82) is 0 Å². The van der Waals surface area contributed by atoms with Gasteiger partial charge in [0.15, 0.2) is 0 Å². The van der Waals surface area contributed by atoms with E-state index in [0.717, 1.165) is 4.90 Å². The van der Waals surface area contributed by atoms with Crippen LogP contribution >= 0.6 is 0 Å². The first-order valence-electron chi connectivity index (χ1n) is 5.21. The average Bonchev–Trinajstić information content (AvgIpc) is 2.54. The molecule has 0 saturated heterocycles. The van der Waals surface area contributed by atoms with Crippen LogP contribution in [-0.2, 0) is 0 Å². The van der Waals surface area contributed by atoms with E-state index >= 15 is 0 Å². The van der Waals surface area contributed by atoms with E-state index in [1.807, 2.05) is 0 Å². The minimum absolute atomic E-state index is 0.0729. The molecule has 6 heteroatoms. The fourth-order valence-corrected chi connectivity index (χ4v) is 1.88. The Labute approximate surface area is 103 Å². The van der Waals surface area contributed by atoms with Crippen LogP contribution in [0.2, 0.25) is 0 Å². The van der Waals surface area contributed by atoms with Crippen molar-refractivity contribution < 1.29 is 14.5 Å². The first-order valence-corrected chi connectivity index (χ1v) is 5.21. The fraction of sp³-hybridized carbons (Fsp3) is 0.167. The topological polar surface area (TPSA) is 80.5 Å². The van der Waals surface area contributed by atoms with Gasteiger partial charge >= 0.3 is 0 Å². The van der Waals surface area contributed by atoms with Crippen molar-refractivity contribution in [3.05, 3.63) is 51.6 Å². The summed E-state index contributed by atoms with van der Waals surface area (Å²) in [5.74, 6) is -1.15. The summed E-state index contributed by atoms with van der Waals surface area (Å²) in [6.07, 6.45) is 0. The van der Waals surface area contributed by atoms with Crippen LogP contribution in [0, 0.1) is 10.1 Å². The van der Waals surface area contributed by atoms with Crippen LogP contribution in [0.5, 0.6) is 0 Å². The Morgan fingerprint density at radius 3 is 2.61 bits per heavy atom. The molecular formula is C12H10N2O4. The Kier molecular flexibility index (Phi) is 2.70. The standard InChI is InChI=1S/C12H10N2O4/c1-7(2)6-13-11(15)8-4-3-5-9(14(17)18)10(8)12(13)16/h3-5H,1,6H2,2H3. The molecule has 6 nitrogen and oxygen atoms in total. The zero-order chi connectivity index (χ0) is 13.4. The van der Waals surface area contributed by atoms with Crippen LogP contribution in [0.4, 0.5) is 5.69 Å². The zero-order valence-corrected chi connectivity index (χ0v) is 9.67. The summed E-state index contributed by atoms with van der Waals surface area (Å²) in [5, 5.41) is 10.8. The lowest BCUT2D eigenvalue weighted by Gasteiger charge is -2.12. The molecule has 18 heavy (non-hydrogen) atoms. The number of fused-ring (bicyclic) bond motifs is 1. The summed E-state index contributed by atoms with van der Waals surface area (Å²) in [6, 6.07) is 4.03. The molecule has 0 bridgehead atoms. The highest BCUT2D eigenvalue weighted by molar-refractivity contribution is 6.23.